The van der Waals surface area contributed by atoms with Gasteiger partial charge in [0.2, 0.25) is 5.91 Å². The SMILES string of the molecule is Cc1nc2cc(NC(=O)[C@@H]3C[C@@H](Sc4ccccn4)CN3Cc3ccc(Cl)cc3)ccc2s1. The minimum Gasteiger partial charge on any atom is -0.325 e. The number of aromatic nitrogens is 2. The van der Waals surface area contributed by atoms with E-state index in [4.69, 9.17) is 11.6 Å². The molecule has 1 N–H and O–H groups in total. The molecule has 5 nitrogen and oxygen atoms in total. The van der Waals surface area contributed by atoms with Crippen molar-refractivity contribution >= 4 is 56.5 Å². The fourth-order valence-corrected chi connectivity index (χ4v) is 6.25. The Labute approximate surface area is 206 Å². The van der Waals surface area contributed by atoms with Gasteiger partial charge in [-0.1, -0.05) is 29.8 Å². The summed E-state index contributed by atoms with van der Waals surface area (Å²) in [4.78, 5) is 24.7. The topological polar surface area (TPSA) is 58.1 Å². The number of likely N-dealkylation sites (tertiary alicyclic amines) is 1. The van der Waals surface area contributed by atoms with Crippen LogP contribution in [0.15, 0.2) is 71.9 Å². The first-order valence-electron chi connectivity index (χ1n) is 10.8. The number of pyridine rings is 1. The summed E-state index contributed by atoms with van der Waals surface area (Å²) in [6, 6.07) is 19.5. The lowest BCUT2D eigenvalue weighted by molar-refractivity contribution is -0.120. The Balaban J connectivity index is 1.34. The summed E-state index contributed by atoms with van der Waals surface area (Å²) >= 11 is 9.46. The predicted octanol–water partition coefficient (Wildman–Crippen LogP) is 6.03. The minimum absolute atomic E-state index is 0.0133. The summed E-state index contributed by atoms with van der Waals surface area (Å²) in [5.41, 5.74) is 2.84. The number of halogens is 1. The third kappa shape index (κ3) is 5.38. The molecule has 3 heterocycles. The lowest BCUT2D eigenvalue weighted by atomic mass is 10.1. The van der Waals surface area contributed by atoms with Crippen molar-refractivity contribution in [3.05, 3.63) is 82.5 Å². The van der Waals surface area contributed by atoms with Crippen LogP contribution in [0.1, 0.15) is 17.0 Å². The standard InChI is InChI=1S/C25H23ClN4OS2/c1-16-28-21-12-19(9-10-23(21)32-16)29-25(31)22-13-20(33-24-4-2-3-11-27-24)15-30(22)14-17-5-7-18(26)8-6-17/h2-12,20,22H,13-15H2,1H3,(H,29,31)/t20-,22+/m1/s1. The molecule has 2 atom stereocenters. The molecule has 0 unspecified atom stereocenters. The van der Waals surface area contributed by atoms with Gasteiger partial charge in [0.15, 0.2) is 0 Å². The van der Waals surface area contributed by atoms with Crippen LogP contribution in [0.5, 0.6) is 0 Å². The zero-order valence-corrected chi connectivity index (χ0v) is 20.5. The van der Waals surface area contributed by atoms with Crippen molar-refractivity contribution in [2.75, 3.05) is 11.9 Å². The molecule has 1 aliphatic rings. The fraction of sp³-hybridized carbons (Fsp3) is 0.240. The van der Waals surface area contributed by atoms with Crippen LogP contribution in [0.4, 0.5) is 5.69 Å². The van der Waals surface area contributed by atoms with Crippen molar-refractivity contribution < 1.29 is 4.79 Å². The summed E-state index contributed by atoms with van der Waals surface area (Å²) in [7, 11) is 0. The number of nitrogens with one attached hydrogen (secondary N) is 1. The number of hydrogen-bond donors (Lipinski definition) is 1. The van der Waals surface area contributed by atoms with Gasteiger partial charge in [0, 0.05) is 35.2 Å². The molecular formula is C25H23ClN4OS2. The monoisotopic (exact) mass is 494 g/mol. The molecule has 1 fully saturated rings. The van der Waals surface area contributed by atoms with E-state index in [9.17, 15) is 4.79 Å². The highest BCUT2D eigenvalue weighted by molar-refractivity contribution is 7.99. The largest absolute Gasteiger partial charge is 0.325 e. The van der Waals surface area contributed by atoms with Crippen LogP contribution in [0.3, 0.4) is 0 Å². The molecular weight excluding hydrogens is 472 g/mol. The van der Waals surface area contributed by atoms with E-state index in [2.05, 4.69) is 20.2 Å². The second-order valence-corrected chi connectivity index (χ2v) is 11.1. The van der Waals surface area contributed by atoms with E-state index >= 15 is 0 Å². The van der Waals surface area contributed by atoms with Gasteiger partial charge >= 0.3 is 0 Å². The number of thioether (sulfide) groups is 1. The molecule has 168 valence electrons. The lowest BCUT2D eigenvalue weighted by Gasteiger charge is -2.23. The van der Waals surface area contributed by atoms with Gasteiger partial charge < -0.3 is 5.32 Å². The third-order valence-corrected chi connectivity index (χ3v) is 8.02. The van der Waals surface area contributed by atoms with E-state index < -0.39 is 0 Å². The number of thiazole rings is 1. The predicted molar refractivity (Wildman–Crippen MR) is 137 cm³/mol. The minimum atomic E-state index is -0.227. The van der Waals surface area contributed by atoms with Gasteiger partial charge in [-0.05, 0) is 61.4 Å². The maximum absolute atomic E-state index is 13.4. The first-order chi connectivity index (χ1) is 16.0. The van der Waals surface area contributed by atoms with E-state index in [1.807, 2.05) is 73.8 Å². The molecule has 1 aliphatic heterocycles. The van der Waals surface area contributed by atoms with Gasteiger partial charge in [-0.3, -0.25) is 9.69 Å². The molecule has 2 aromatic carbocycles. The Bertz CT molecular complexity index is 1260. The molecule has 5 rings (SSSR count). The average Bonchev–Trinajstić information content (AvgIpc) is 3.37. The maximum Gasteiger partial charge on any atom is 0.241 e. The Morgan fingerprint density at radius 2 is 2.06 bits per heavy atom. The van der Waals surface area contributed by atoms with Crippen LogP contribution in [0.25, 0.3) is 10.2 Å². The zero-order chi connectivity index (χ0) is 22.8. The molecule has 2 aromatic heterocycles. The second kappa shape index (κ2) is 9.81. The van der Waals surface area contributed by atoms with E-state index in [1.165, 1.54) is 0 Å². The third-order valence-electron chi connectivity index (χ3n) is 5.65. The number of rotatable bonds is 6. The lowest BCUT2D eigenvalue weighted by Crippen LogP contribution is -2.39. The van der Waals surface area contributed by atoms with E-state index in [1.54, 1.807) is 23.1 Å². The number of benzene rings is 2. The number of amides is 1. The Morgan fingerprint density at radius 3 is 2.85 bits per heavy atom. The summed E-state index contributed by atoms with van der Waals surface area (Å²) in [6.45, 7) is 3.50. The van der Waals surface area contributed by atoms with Crippen LogP contribution >= 0.6 is 34.7 Å². The highest BCUT2D eigenvalue weighted by Gasteiger charge is 2.37. The van der Waals surface area contributed by atoms with Crippen molar-refractivity contribution in [1.29, 1.82) is 0 Å². The highest BCUT2D eigenvalue weighted by Crippen LogP contribution is 2.34. The van der Waals surface area contributed by atoms with Crippen molar-refractivity contribution in [2.45, 2.75) is 36.2 Å². The molecule has 4 aromatic rings. The summed E-state index contributed by atoms with van der Waals surface area (Å²) in [5.74, 6) is 0.0133. The van der Waals surface area contributed by atoms with E-state index in [0.29, 0.717) is 11.6 Å². The summed E-state index contributed by atoms with van der Waals surface area (Å²) < 4.78 is 1.13. The molecule has 0 radical (unpaired) electrons. The van der Waals surface area contributed by atoms with Crippen molar-refractivity contribution in [3.8, 4) is 0 Å². The molecule has 1 saturated heterocycles. The smallest absolute Gasteiger partial charge is 0.241 e. The quantitative estimate of drug-likeness (QED) is 0.355. The average molecular weight is 495 g/mol. The van der Waals surface area contributed by atoms with Gasteiger partial charge in [0.1, 0.15) is 0 Å². The number of aryl methyl sites for hydroxylation is 1. The first-order valence-corrected chi connectivity index (χ1v) is 12.9. The Kier molecular flexibility index (Phi) is 6.64. The molecule has 1 amide bonds. The van der Waals surface area contributed by atoms with Crippen molar-refractivity contribution in [3.63, 3.8) is 0 Å². The van der Waals surface area contributed by atoms with Crippen LogP contribution in [-0.4, -0.2) is 38.6 Å². The molecule has 0 bridgehead atoms. The molecule has 0 saturated carbocycles. The number of nitrogens with zero attached hydrogens (tertiary/aromatic N) is 3. The van der Waals surface area contributed by atoms with E-state index in [-0.39, 0.29) is 17.2 Å². The Hall–Kier alpha value is -2.45. The van der Waals surface area contributed by atoms with Gasteiger partial charge in [0.05, 0.1) is 26.3 Å². The summed E-state index contributed by atoms with van der Waals surface area (Å²) in [6.07, 6.45) is 2.57. The number of hydrogen-bond acceptors (Lipinski definition) is 6. The first kappa shape index (κ1) is 22.3. The number of anilines is 1. The number of carbonyl (C=O) groups is 1. The number of fused-ring (bicyclic) bond motifs is 1. The van der Waals surface area contributed by atoms with Crippen LogP contribution in [-0.2, 0) is 11.3 Å². The van der Waals surface area contributed by atoms with Crippen molar-refractivity contribution in [1.82, 2.24) is 14.9 Å². The Morgan fingerprint density at radius 1 is 1.21 bits per heavy atom. The molecule has 33 heavy (non-hydrogen) atoms. The van der Waals surface area contributed by atoms with Crippen LogP contribution < -0.4 is 5.32 Å². The number of carbonyl (C=O) groups excluding carboxylic acids is 1. The summed E-state index contributed by atoms with van der Waals surface area (Å²) in [5, 5.41) is 6.14. The molecule has 8 heteroatoms. The molecule has 0 spiro atoms. The van der Waals surface area contributed by atoms with Crippen LogP contribution in [0, 0.1) is 6.92 Å². The van der Waals surface area contributed by atoms with Gasteiger partial charge in [-0.15, -0.1) is 23.1 Å². The maximum atomic E-state index is 13.4. The van der Waals surface area contributed by atoms with Gasteiger partial charge in [-0.25, -0.2) is 9.97 Å². The normalized spacial score (nSPS) is 18.6. The van der Waals surface area contributed by atoms with Gasteiger partial charge in [-0.2, -0.15) is 0 Å². The highest BCUT2D eigenvalue weighted by atomic mass is 35.5. The zero-order valence-electron chi connectivity index (χ0n) is 18.1. The molecule has 0 aliphatic carbocycles. The second-order valence-electron chi connectivity index (χ2n) is 8.12. The van der Waals surface area contributed by atoms with Crippen molar-refractivity contribution in [2.24, 2.45) is 0 Å². The fourth-order valence-electron chi connectivity index (χ4n) is 4.15. The van der Waals surface area contributed by atoms with Gasteiger partial charge in [0.25, 0.3) is 0 Å². The van der Waals surface area contributed by atoms with Crippen LogP contribution in [0.2, 0.25) is 5.02 Å². The van der Waals surface area contributed by atoms with E-state index in [0.717, 1.165) is 44.5 Å².